The highest BCUT2D eigenvalue weighted by atomic mass is 19.1. The van der Waals surface area contributed by atoms with E-state index in [4.69, 9.17) is 19.2 Å². The predicted molar refractivity (Wildman–Crippen MR) is 87.9 cm³/mol. The van der Waals surface area contributed by atoms with Crippen LogP contribution in [0.4, 0.5) is 4.39 Å². The molecule has 6 nitrogen and oxygen atoms in total. The number of oxazole rings is 1. The van der Waals surface area contributed by atoms with Crippen LogP contribution in [0.1, 0.15) is 16.2 Å². The van der Waals surface area contributed by atoms with E-state index in [0.717, 1.165) is 0 Å². The Morgan fingerprint density at radius 3 is 2.76 bits per heavy atom. The topological polar surface area (TPSA) is 92.8 Å². The Balaban J connectivity index is 1.73. The van der Waals surface area contributed by atoms with Crippen LogP contribution >= 0.6 is 0 Å². The van der Waals surface area contributed by atoms with Crippen molar-refractivity contribution >= 4 is 18.9 Å². The van der Waals surface area contributed by atoms with Crippen LogP contribution in [0.25, 0.3) is 11.3 Å². The van der Waals surface area contributed by atoms with Crippen molar-refractivity contribution in [1.82, 2.24) is 4.98 Å². The van der Waals surface area contributed by atoms with E-state index in [2.05, 4.69) is 4.98 Å². The van der Waals surface area contributed by atoms with E-state index in [9.17, 15) is 9.18 Å². The highest BCUT2D eigenvalue weighted by Gasteiger charge is 2.16. The van der Waals surface area contributed by atoms with Gasteiger partial charge in [0.2, 0.25) is 5.89 Å². The monoisotopic (exact) mass is 341 g/mol. The molecule has 0 saturated carbocycles. The highest BCUT2D eigenvalue weighted by molar-refractivity contribution is 6.60. The lowest BCUT2D eigenvalue weighted by Crippen LogP contribution is -2.32. The van der Waals surface area contributed by atoms with Crippen LogP contribution < -0.4 is 10.2 Å². The first-order chi connectivity index (χ1) is 12.1. The minimum atomic E-state index is -1.75. The third kappa shape index (κ3) is 3.76. The summed E-state index contributed by atoms with van der Waals surface area (Å²) in [6.07, 6.45) is 1.90. The molecule has 0 spiro atoms. The van der Waals surface area contributed by atoms with Crippen molar-refractivity contribution in [3.05, 3.63) is 65.9 Å². The molecular formula is C17H13BFNO5. The summed E-state index contributed by atoms with van der Waals surface area (Å²) >= 11 is 0. The van der Waals surface area contributed by atoms with Gasteiger partial charge in [-0.05, 0) is 29.7 Å². The van der Waals surface area contributed by atoms with Crippen molar-refractivity contribution in [3.63, 3.8) is 0 Å². The third-order valence-electron chi connectivity index (χ3n) is 3.52. The molecule has 2 aromatic carbocycles. The molecule has 0 saturated heterocycles. The SMILES string of the molecule is O=Cc1cc(OCc2ncc(-c3ccccc3F)o2)ccc1B(O)O. The summed E-state index contributed by atoms with van der Waals surface area (Å²) in [6, 6.07) is 10.4. The van der Waals surface area contributed by atoms with Gasteiger partial charge in [-0.2, -0.15) is 0 Å². The Hall–Kier alpha value is -2.97. The van der Waals surface area contributed by atoms with Crippen molar-refractivity contribution in [2.45, 2.75) is 6.61 Å². The summed E-state index contributed by atoms with van der Waals surface area (Å²) in [5.74, 6) is 0.429. The molecular weight excluding hydrogens is 328 g/mol. The fourth-order valence-corrected chi connectivity index (χ4v) is 2.29. The maximum Gasteiger partial charge on any atom is 0.489 e. The number of nitrogens with zero attached hydrogens (tertiary/aromatic N) is 1. The molecule has 0 radical (unpaired) electrons. The summed E-state index contributed by atoms with van der Waals surface area (Å²) in [5.41, 5.74) is 0.484. The van der Waals surface area contributed by atoms with Gasteiger partial charge in [0.15, 0.2) is 12.4 Å². The Kier molecular flexibility index (Phi) is 4.92. The number of aromatic nitrogens is 1. The quantitative estimate of drug-likeness (QED) is 0.522. The zero-order chi connectivity index (χ0) is 17.8. The molecule has 3 rings (SSSR count). The molecule has 0 unspecified atom stereocenters. The molecule has 0 aliphatic rings. The predicted octanol–water partition coefficient (Wildman–Crippen LogP) is 1.55. The summed E-state index contributed by atoms with van der Waals surface area (Å²) in [5, 5.41) is 18.3. The van der Waals surface area contributed by atoms with E-state index < -0.39 is 12.9 Å². The number of halogens is 1. The van der Waals surface area contributed by atoms with Crippen LogP contribution in [0.15, 0.2) is 53.1 Å². The van der Waals surface area contributed by atoms with E-state index in [1.165, 1.54) is 30.5 Å². The Labute approximate surface area is 142 Å². The number of benzene rings is 2. The summed E-state index contributed by atoms with van der Waals surface area (Å²) in [4.78, 5) is 15.0. The first-order valence-corrected chi connectivity index (χ1v) is 7.36. The molecule has 1 heterocycles. The molecule has 0 bridgehead atoms. The number of carbonyl (C=O) groups excluding carboxylic acids is 1. The second-order valence-corrected chi connectivity index (χ2v) is 5.17. The van der Waals surface area contributed by atoms with Crippen LogP contribution in [0.5, 0.6) is 5.75 Å². The standard InChI is InChI=1S/C17H13BFNO5/c19-15-4-2-1-3-13(15)16-8-20-17(25-16)10-24-12-5-6-14(18(22)23)11(7-12)9-21/h1-9,22-23H,10H2. The highest BCUT2D eigenvalue weighted by Crippen LogP contribution is 2.23. The van der Waals surface area contributed by atoms with E-state index in [1.807, 2.05) is 0 Å². The van der Waals surface area contributed by atoms with Gasteiger partial charge in [-0.15, -0.1) is 0 Å². The van der Waals surface area contributed by atoms with E-state index in [1.54, 1.807) is 18.2 Å². The molecule has 126 valence electrons. The van der Waals surface area contributed by atoms with Gasteiger partial charge in [0, 0.05) is 5.56 Å². The van der Waals surface area contributed by atoms with Crippen LogP contribution in [0.2, 0.25) is 0 Å². The molecule has 0 fully saturated rings. The number of aldehydes is 1. The fourth-order valence-electron chi connectivity index (χ4n) is 2.29. The smallest absolute Gasteiger partial charge is 0.484 e. The van der Waals surface area contributed by atoms with Crippen LogP contribution in [-0.4, -0.2) is 28.4 Å². The third-order valence-corrected chi connectivity index (χ3v) is 3.52. The molecule has 1 aromatic heterocycles. The second kappa shape index (κ2) is 7.29. The maximum atomic E-state index is 13.7. The normalized spacial score (nSPS) is 10.5. The maximum absolute atomic E-state index is 13.7. The second-order valence-electron chi connectivity index (χ2n) is 5.17. The number of ether oxygens (including phenoxy) is 1. The lowest BCUT2D eigenvalue weighted by molar-refractivity contribution is 0.112. The van der Waals surface area contributed by atoms with Crippen molar-refractivity contribution in [1.29, 1.82) is 0 Å². The zero-order valence-corrected chi connectivity index (χ0v) is 12.9. The molecule has 3 aromatic rings. The molecule has 8 heteroatoms. The minimum absolute atomic E-state index is 0.0340. The minimum Gasteiger partial charge on any atom is -0.484 e. The van der Waals surface area contributed by atoms with Crippen molar-refractivity contribution in [3.8, 4) is 17.1 Å². The van der Waals surface area contributed by atoms with Crippen molar-refractivity contribution in [2.75, 3.05) is 0 Å². The Morgan fingerprint density at radius 1 is 1.24 bits per heavy atom. The van der Waals surface area contributed by atoms with Gasteiger partial charge in [0.05, 0.1) is 11.8 Å². The number of carbonyl (C=O) groups is 1. The number of hydrogen-bond donors (Lipinski definition) is 2. The lowest BCUT2D eigenvalue weighted by Gasteiger charge is -2.07. The van der Waals surface area contributed by atoms with Gasteiger partial charge >= 0.3 is 7.12 Å². The molecule has 0 aliphatic carbocycles. The van der Waals surface area contributed by atoms with E-state index in [0.29, 0.717) is 17.6 Å². The van der Waals surface area contributed by atoms with Gasteiger partial charge in [-0.1, -0.05) is 18.2 Å². The van der Waals surface area contributed by atoms with Crippen LogP contribution in [-0.2, 0) is 6.61 Å². The zero-order valence-electron chi connectivity index (χ0n) is 12.9. The van der Waals surface area contributed by atoms with Gasteiger partial charge < -0.3 is 19.2 Å². The van der Waals surface area contributed by atoms with Crippen LogP contribution in [0, 0.1) is 5.82 Å². The Morgan fingerprint density at radius 2 is 2.04 bits per heavy atom. The molecule has 0 aliphatic heterocycles. The first-order valence-electron chi connectivity index (χ1n) is 7.36. The average molecular weight is 341 g/mol. The first kappa shape index (κ1) is 16.9. The largest absolute Gasteiger partial charge is 0.489 e. The molecule has 25 heavy (non-hydrogen) atoms. The number of hydrogen-bond acceptors (Lipinski definition) is 6. The molecule has 0 amide bonds. The lowest BCUT2D eigenvalue weighted by atomic mass is 9.77. The van der Waals surface area contributed by atoms with Gasteiger partial charge in [0.1, 0.15) is 17.9 Å². The van der Waals surface area contributed by atoms with E-state index >= 15 is 0 Å². The summed E-state index contributed by atoms with van der Waals surface area (Å²) in [7, 11) is -1.75. The number of rotatable bonds is 6. The summed E-state index contributed by atoms with van der Waals surface area (Å²) in [6.45, 7) is -0.0340. The van der Waals surface area contributed by atoms with Crippen molar-refractivity contribution < 1.29 is 28.4 Å². The van der Waals surface area contributed by atoms with Gasteiger partial charge in [-0.3, -0.25) is 4.79 Å². The molecule has 2 N–H and O–H groups in total. The van der Waals surface area contributed by atoms with E-state index in [-0.39, 0.29) is 29.3 Å². The summed E-state index contributed by atoms with van der Waals surface area (Å²) < 4.78 is 24.7. The van der Waals surface area contributed by atoms with Gasteiger partial charge in [-0.25, -0.2) is 9.37 Å². The molecule has 0 atom stereocenters. The fraction of sp³-hybridized carbons (Fsp3) is 0.0588. The van der Waals surface area contributed by atoms with Crippen molar-refractivity contribution in [2.24, 2.45) is 0 Å². The average Bonchev–Trinajstić information content (AvgIpc) is 3.08. The van der Waals surface area contributed by atoms with Gasteiger partial charge in [0.25, 0.3) is 0 Å². The van der Waals surface area contributed by atoms with Crippen LogP contribution in [0.3, 0.4) is 0 Å². The Bertz CT molecular complexity index is 896.